The number of rotatable bonds is 4. The fraction of sp³-hybridized carbons (Fsp3) is 0.263. The van der Waals surface area contributed by atoms with Crippen molar-refractivity contribution in [3.63, 3.8) is 0 Å². The average molecular weight is 336 g/mol. The molecule has 1 aliphatic rings. The molecule has 3 heterocycles. The number of thiophene rings is 1. The van der Waals surface area contributed by atoms with Gasteiger partial charge < -0.3 is 4.90 Å². The molecule has 0 spiro atoms. The summed E-state index contributed by atoms with van der Waals surface area (Å²) >= 11 is 1.79. The van der Waals surface area contributed by atoms with Gasteiger partial charge in [-0.05, 0) is 49.6 Å². The Hall–Kier alpha value is -2.40. The lowest BCUT2D eigenvalue weighted by Crippen LogP contribution is -2.28. The van der Waals surface area contributed by atoms with E-state index >= 15 is 0 Å². The van der Waals surface area contributed by atoms with E-state index in [1.54, 1.807) is 11.3 Å². The quantitative estimate of drug-likeness (QED) is 0.553. The molecule has 0 amide bonds. The second-order valence-corrected chi connectivity index (χ2v) is 7.08. The standard InChI is InChI=1S/C19H20N4S/c1-4-12-23(13-5-1)19-11-9-16(24-19)14-20-22-18-10-8-15-6-2-3-7-17(15)21-18/h2-3,6-11,14H,1,4-5,12-13H2,(H,21,22)/b20-14-. The number of piperidine rings is 1. The summed E-state index contributed by atoms with van der Waals surface area (Å²) in [5.41, 5.74) is 4.00. The van der Waals surface area contributed by atoms with Crippen LogP contribution in [0.25, 0.3) is 10.9 Å². The molecule has 1 saturated heterocycles. The second kappa shape index (κ2) is 7.01. The summed E-state index contributed by atoms with van der Waals surface area (Å²) in [5, 5.41) is 6.81. The average Bonchev–Trinajstić information content (AvgIpc) is 3.11. The van der Waals surface area contributed by atoms with Gasteiger partial charge in [-0.2, -0.15) is 5.10 Å². The highest BCUT2D eigenvalue weighted by Gasteiger charge is 2.12. The van der Waals surface area contributed by atoms with Crippen LogP contribution in [0.3, 0.4) is 0 Å². The number of benzene rings is 1. The van der Waals surface area contributed by atoms with Crippen molar-refractivity contribution < 1.29 is 0 Å². The van der Waals surface area contributed by atoms with Crippen LogP contribution in [0, 0.1) is 0 Å². The normalized spacial score (nSPS) is 15.2. The summed E-state index contributed by atoms with van der Waals surface area (Å²) in [6.07, 6.45) is 5.83. The highest BCUT2D eigenvalue weighted by atomic mass is 32.1. The molecule has 1 aromatic carbocycles. The number of pyridine rings is 1. The molecule has 0 aliphatic carbocycles. The van der Waals surface area contributed by atoms with E-state index in [-0.39, 0.29) is 0 Å². The first-order valence-corrected chi connectivity index (χ1v) is 9.20. The Bertz CT molecular complexity index is 849. The van der Waals surface area contributed by atoms with Gasteiger partial charge in [0.1, 0.15) is 5.82 Å². The van der Waals surface area contributed by atoms with Gasteiger partial charge in [-0.15, -0.1) is 11.3 Å². The molecule has 0 radical (unpaired) electrons. The molecule has 3 aromatic rings. The Balaban J connectivity index is 1.42. The molecule has 0 atom stereocenters. The van der Waals surface area contributed by atoms with E-state index in [2.05, 4.69) is 44.7 Å². The van der Waals surface area contributed by atoms with Crippen LogP contribution in [0.4, 0.5) is 10.8 Å². The van der Waals surface area contributed by atoms with Crippen molar-refractivity contribution in [2.24, 2.45) is 5.10 Å². The van der Waals surface area contributed by atoms with E-state index in [1.165, 1.54) is 37.4 Å². The summed E-state index contributed by atoms with van der Waals surface area (Å²) in [5.74, 6) is 0.762. The van der Waals surface area contributed by atoms with Crippen molar-refractivity contribution in [2.75, 3.05) is 23.4 Å². The summed E-state index contributed by atoms with van der Waals surface area (Å²) in [6, 6.07) is 16.4. The summed E-state index contributed by atoms with van der Waals surface area (Å²) < 4.78 is 0. The minimum Gasteiger partial charge on any atom is -0.363 e. The largest absolute Gasteiger partial charge is 0.363 e. The molecular weight excluding hydrogens is 316 g/mol. The molecule has 0 bridgehead atoms. The van der Waals surface area contributed by atoms with Gasteiger partial charge in [0.15, 0.2) is 0 Å². The SMILES string of the molecule is C(=N/Nc1ccc2ccccc2n1)/c1ccc(N2CCCCC2)s1. The lowest BCUT2D eigenvalue weighted by atomic mass is 10.1. The zero-order valence-electron chi connectivity index (χ0n) is 13.5. The third-order valence-electron chi connectivity index (χ3n) is 4.25. The summed E-state index contributed by atoms with van der Waals surface area (Å²) in [6.45, 7) is 2.35. The zero-order valence-corrected chi connectivity index (χ0v) is 14.3. The lowest BCUT2D eigenvalue weighted by Gasteiger charge is -2.27. The van der Waals surface area contributed by atoms with E-state index in [1.807, 2.05) is 30.5 Å². The molecule has 1 N–H and O–H groups in total. The number of hydrogen-bond acceptors (Lipinski definition) is 5. The van der Waals surface area contributed by atoms with Gasteiger partial charge in [0, 0.05) is 23.4 Å². The first-order chi connectivity index (χ1) is 11.9. The van der Waals surface area contributed by atoms with Crippen molar-refractivity contribution in [1.29, 1.82) is 0 Å². The first-order valence-electron chi connectivity index (χ1n) is 8.38. The van der Waals surface area contributed by atoms with E-state index in [4.69, 9.17) is 0 Å². The number of fused-ring (bicyclic) bond motifs is 1. The highest BCUT2D eigenvalue weighted by Crippen LogP contribution is 2.27. The van der Waals surface area contributed by atoms with E-state index in [0.717, 1.165) is 21.6 Å². The van der Waals surface area contributed by atoms with Crippen LogP contribution in [-0.4, -0.2) is 24.3 Å². The van der Waals surface area contributed by atoms with Crippen molar-refractivity contribution in [3.8, 4) is 0 Å². The Morgan fingerprint density at radius 3 is 2.79 bits per heavy atom. The number of nitrogens with one attached hydrogen (secondary N) is 1. The Morgan fingerprint density at radius 2 is 1.88 bits per heavy atom. The predicted molar refractivity (Wildman–Crippen MR) is 103 cm³/mol. The minimum absolute atomic E-state index is 0.762. The number of para-hydroxylation sites is 1. The van der Waals surface area contributed by atoms with Crippen LogP contribution in [0.5, 0.6) is 0 Å². The molecule has 4 rings (SSSR count). The Morgan fingerprint density at radius 1 is 1.00 bits per heavy atom. The molecule has 4 nitrogen and oxygen atoms in total. The van der Waals surface area contributed by atoms with Crippen LogP contribution >= 0.6 is 11.3 Å². The lowest BCUT2D eigenvalue weighted by molar-refractivity contribution is 0.580. The number of nitrogens with zero attached hydrogens (tertiary/aromatic N) is 3. The van der Waals surface area contributed by atoms with Gasteiger partial charge in [0.05, 0.1) is 16.7 Å². The van der Waals surface area contributed by atoms with Crippen molar-refractivity contribution >= 4 is 39.3 Å². The molecule has 122 valence electrons. The van der Waals surface area contributed by atoms with Crippen LogP contribution in [-0.2, 0) is 0 Å². The van der Waals surface area contributed by atoms with Crippen molar-refractivity contribution in [1.82, 2.24) is 4.98 Å². The van der Waals surface area contributed by atoms with Gasteiger partial charge >= 0.3 is 0 Å². The highest BCUT2D eigenvalue weighted by molar-refractivity contribution is 7.17. The fourth-order valence-electron chi connectivity index (χ4n) is 2.99. The van der Waals surface area contributed by atoms with Crippen molar-refractivity contribution in [3.05, 3.63) is 53.4 Å². The minimum atomic E-state index is 0.762. The maximum atomic E-state index is 4.56. The smallest absolute Gasteiger partial charge is 0.146 e. The molecule has 24 heavy (non-hydrogen) atoms. The van der Waals surface area contributed by atoms with E-state index in [0.29, 0.717) is 0 Å². The van der Waals surface area contributed by atoms with Gasteiger partial charge in [0.2, 0.25) is 0 Å². The summed E-state index contributed by atoms with van der Waals surface area (Å²) in [4.78, 5) is 8.19. The Labute approximate surface area is 145 Å². The van der Waals surface area contributed by atoms with Crippen molar-refractivity contribution in [2.45, 2.75) is 19.3 Å². The van der Waals surface area contributed by atoms with Gasteiger partial charge in [-0.3, -0.25) is 5.43 Å². The first kappa shape index (κ1) is 15.1. The third kappa shape index (κ3) is 3.41. The molecule has 1 aliphatic heterocycles. The van der Waals surface area contributed by atoms with Crippen LogP contribution in [0.1, 0.15) is 24.1 Å². The van der Waals surface area contributed by atoms with Crippen LogP contribution in [0.2, 0.25) is 0 Å². The second-order valence-electron chi connectivity index (χ2n) is 5.98. The Kier molecular flexibility index (Phi) is 4.42. The van der Waals surface area contributed by atoms with Crippen LogP contribution < -0.4 is 10.3 Å². The number of hydrogen-bond donors (Lipinski definition) is 1. The maximum Gasteiger partial charge on any atom is 0.146 e. The van der Waals surface area contributed by atoms with Gasteiger partial charge in [0.25, 0.3) is 0 Å². The van der Waals surface area contributed by atoms with E-state index < -0.39 is 0 Å². The molecule has 1 fully saturated rings. The molecule has 5 heteroatoms. The number of aromatic nitrogens is 1. The van der Waals surface area contributed by atoms with Gasteiger partial charge in [-0.1, -0.05) is 18.2 Å². The predicted octanol–water partition coefficient (Wildman–Crippen LogP) is 4.73. The number of hydrazone groups is 1. The molecular formula is C19H20N4S. The van der Waals surface area contributed by atoms with E-state index in [9.17, 15) is 0 Å². The third-order valence-corrected chi connectivity index (χ3v) is 5.33. The summed E-state index contributed by atoms with van der Waals surface area (Å²) in [7, 11) is 0. The maximum absolute atomic E-state index is 4.56. The molecule has 2 aromatic heterocycles. The topological polar surface area (TPSA) is 40.5 Å². The van der Waals surface area contributed by atoms with Gasteiger partial charge in [-0.25, -0.2) is 4.98 Å². The number of anilines is 2. The fourth-order valence-corrected chi connectivity index (χ4v) is 3.92. The monoisotopic (exact) mass is 336 g/mol. The molecule has 0 unspecified atom stereocenters. The molecule has 0 saturated carbocycles. The zero-order chi connectivity index (χ0) is 16.2. The van der Waals surface area contributed by atoms with Crippen LogP contribution in [0.15, 0.2) is 53.6 Å².